The Balaban J connectivity index is 2.12. The van der Waals surface area contributed by atoms with E-state index in [9.17, 15) is 0 Å². The third kappa shape index (κ3) is 2.90. The van der Waals surface area contributed by atoms with E-state index in [0.29, 0.717) is 23.9 Å². The van der Waals surface area contributed by atoms with Crippen LogP contribution >= 0.6 is 11.3 Å². The van der Waals surface area contributed by atoms with Gasteiger partial charge in [0.25, 0.3) is 0 Å². The number of likely N-dealkylation sites (tertiary alicyclic amines) is 1. The minimum atomic E-state index is 0.338. The lowest BCUT2D eigenvalue weighted by atomic mass is 9.90. The van der Waals surface area contributed by atoms with Gasteiger partial charge in [-0.25, -0.2) is 0 Å². The molecule has 3 unspecified atom stereocenters. The molecule has 0 bridgehead atoms. The highest BCUT2D eigenvalue weighted by Crippen LogP contribution is 2.34. The third-order valence-corrected chi connectivity index (χ3v) is 4.85. The van der Waals surface area contributed by atoms with Crippen LogP contribution in [0.2, 0.25) is 0 Å². The van der Waals surface area contributed by atoms with E-state index in [-0.39, 0.29) is 0 Å². The standard InChI is InChI=1S/C14H24N2S/c1-10(2)14(13-5-4-8-17-13)16-7-6-11(3)12(15)9-16/h4-5,8,10-12,14H,6-7,9,15H2,1-3H3. The largest absolute Gasteiger partial charge is 0.326 e. The molecule has 2 N–H and O–H groups in total. The Bertz CT molecular complexity index is 334. The number of hydrogen-bond acceptors (Lipinski definition) is 3. The first-order chi connectivity index (χ1) is 8.09. The second-order valence-electron chi connectivity index (χ2n) is 5.63. The van der Waals surface area contributed by atoms with Crippen molar-refractivity contribution in [2.24, 2.45) is 17.6 Å². The first-order valence-corrected chi connectivity index (χ1v) is 7.50. The van der Waals surface area contributed by atoms with Gasteiger partial charge in [-0.15, -0.1) is 11.3 Å². The van der Waals surface area contributed by atoms with Crippen molar-refractivity contribution in [3.8, 4) is 0 Å². The quantitative estimate of drug-likeness (QED) is 0.895. The molecule has 0 amide bonds. The molecule has 1 aliphatic rings. The molecule has 0 spiro atoms. The summed E-state index contributed by atoms with van der Waals surface area (Å²) in [7, 11) is 0. The van der Waals surface area contributed by atoms with Crippen molar-refractivity contribution in [3.05, 3.63) is 22.4 Å². The fraction of sp³-hybridized carbons (Fsp3) is 0.714. The van der Waals surface area contributed by atoms with Crippen molar-refractivity contribution in [2.75, 3.05) is 13.1 Å². The van der Waals surface area contributed by atoms with Gasteiger partial charge in [-0.05, 0) is 36.2 Å². The van der Waals surface area contributed by atoms with Gasteiger partial charge in [-0.3, -0.25) is 4.90 Å². The molecule has 17 heavy (non-hydrogen) atoms. The molecule has 2 rings (SSSR count). The predicted molar refractivity (Wildman–Crippen MR) is 75.2 cm³/mol. The minimum absolute atomic E-state index is 0.338. The van der Waals surface area contributed by atoms with Gasteiger partial charge in [-0.2, -0.15) is 0 Å². The summed E-state index contributed by atoms with van der Waals surface area (Å²) in [5, 5.41) is 2.18. The zero-order valence-electron chi connectivity index (χ0n) is 11.1. The summed E-state index contributed by atoms with van der Waals surface area (Å²) >= 11 is 1.87. The number of piperidine rings is 1. The summed E-state index contributed by atoms with van der Waals surface area (Å²) < 4.78 is 0. The molecule has 1 saturated heterocycles. The zero-order valence-corrected chi connectivity index (χ0v) is 11.9. The molecule has 1 aliphatic heterocycles. The van der Waals surface area contributed by atoms with E-state index in [4.69, 9.17) is 5.73 Å². The molecule has 3 atom stereocenters. The van der Waals surface area contributed by atoms with Gasteiger partial charge in [0.05, 0.1) is 0 Å². The molecule has 0 radical (unpaired) electrons. The Morgan fingerprint density at radius 2 is 2.24 bits per heavy atom. The number of nitrogens with two attached hydrogens (primary N) is 1. The molecule has 3 heteroatoms. The second-order valence-corrected chi connectivity index (χ2v) is 6.61. The molecule has 0 aromatic carbocycles. The van der Waals surface area contributed by atoms with Crippen molar-refractivity contribution in [1.82, 2.24) is 4.90 Å². The van der Waals surface area contributed by atoms with Gasteiger partial charge < -0.3 is 5.73 Å². The fourth-order valence-electron chi connectivity index (χ4n) is 2.77. The van der Waals surface area contributed by atoms with Gasteiger partial charge in [0.1, 0.15) is 0 Å². The summed E-state index contributed by atoms with van der Waals surface area (Å²) in [4.78, 5) is 4.07. The van der Waals surface area contributed by atoms with E-state index >= 15 is 0 Å². The van der Waals surface area contributed by atoms with E-state index < -0.39 is 0 Å². The van der Waals surface area contributed by atoms with E-state index in [1.165, 1.54) is 17.8 Å². The van der Waals surface area contributed by atoms with Gasteiger partial charge in [0.15, 0.2) is 0 Å². The Morgan fingerprint density at radius 3 is 2.76 bits per heavy atom. The molecular formula is C14H24N2S. The van der Waals surface area contributed by atoms with Crippen LogP contribution in [0.1, 0.15) is 38.1 Å². The van der Waals surface area contributed by atoms with Gasteiger partial charge in [-0.1, -0.05) is 26.8 Å². The SMILES string of the molecule is CC(C)C(c1cccs1)N1CCC(C)C(N)C1. The van der Waals surface area contributed by atoms with Crippen LogP contribution in [0.3, 0.4) is 0 Å². The summed E-state index contributed by atoms with van der Waals surface area (Å²) in [5.74, 6) is 1.32. The smallest absolute Gasteiger partial charge is 0.0465 e. The number of nitrogens with zero attached hydrogens (tertiary/aromatic N) is 1. The van der Waals surface area contributed by atoms with Crippen LogP contribution in [0.4, 0.5) is 0 Å². The number of rotatable bonds is 3. The molecule has 2 heterocycles. The summed E-state index contributed by atoms with van der Waals surface area (Å²) in [6.45, 7) is 9.14. The Morgan fingerprint density at radius 1 is 1.47 bits per heavy atom. The van der Waals surface area contributed by atoms with Gasteiger partial charge >= 0.3 is 0 Å². The highest BCUT2D eigenvalue weighted by molar-refractivity contribution is 7.10. The molecular weight excluding hydrogens is 228 g/mol. The lowest BCUT2D eigenvalue weighted by molar-refractivity contribution is 0.0959. The predicted octanol–water partition coefficient (Wildman–Crippen LogP) is 3.11. The van der Waals surface area contributed by atoms with Crippen molar-refractivity contribution in [1.29, 1.82) is 0 Å². The molecule has 1 aromatic rings. The van der Waals surface area contributed by atoms with E-state index in [0.717, 1.165) is 6.54 Å². The van der Waals surface area contributed by atoms with E-state index in [1.54, 1.807) is 0 Å². The minimum Gasteiger partial charge on any atom is -0.326 e. The Kier molecular flexibility index (Phi) is 4.23. The normalized spacial score (nSPS) is 28.5. The van der Waals surface area contributed by atoms with Gasteiger partial charge in [0.2, 0.25) is 0 Å². The fourth-order valence-corrected chi connectivity index (χ4v) is 3.80. The molecule has 1 fully saturated rings. The van der Waals surface area contributed by atoms with Crippen molar-refractivity contribution in [3.63, 3.8) is 0 Å². The Hall–Kier alpha value is -0.380. The van der Waals surface area contributed by atoms with Crippen LogP contribution in [-0.4, -0.2) is 24.0 Å². The highest BCUT2D eigenvalue weighted by atomic mass is 32.1. The zero-order chi connectivity index (χ0) is 12.4. The van der Waals surface area contributed by atoms with Crippen molar-refractivity contribution >= 4 is 11.3 Å². The lowest BCUT2D eigenvalue weighted by Crippen LogP contribution is -2.49. The van der Waals surface area contributed by atoms with Crippen LogP contribution in [0, 0.1) is 11.8 Å². The number of hydrogen-bond donors (Lipinski definition) is 1. The van der Waals surface area contributed by atoms with Crippen molar-refractivity contribution in [2.45, 2.75) is 39.3 Å². The topological polar surface area (TPSA) is 29.3 Å². The van der Waals surface area contributed by atoms with Crippen LogP contribution in [0.25, 0.3) is 0 Å². The third-order valence-electron chi connectivity index (χ3n) is 3.91. The maximum absolute atomic E-state index is 6.22. The van der Waals surface area contributed by atoms with Crippen LogP contribution in [-0.2, 0) is 0 Å². The van der Waals surface area contributed by atoms with Crippen LogP contribution in [0.5, 0.6) is 0 Å². The molecule has 96 valence electrons. The highest BCUT2D eigenvalue weighted by Gasteiger charge is 2.30. The average Bonchev–Trinajstić information content (AvgIpc) is 2.76. The summed E-state index contributed by atoms with van der Waals surface area (Å²) in [6, 6.07) is 5.30. The average molecular weight is 252 g/mol. The van der Waals surface area contributed by atoms with E-state index in [2.05, 4.69) is 43.2 Å². The maximum Gasteiger partial charge on any atom is 0.0465 e. The lowest BCUT2D eigenvalue weighted by Gasteiger charge is -2.41. The number of thiophene rings is 1. The second kappa shape index (κ2) is 5.51. The first kappa shape index (κ1) is 13.1. The molecule has 0 aliphatic carbocycles. The molecule has 0 saturated carbocycles. The van der Waals surface area contributed by atoms with E-state index in [1.807, 2.05) is 11.3 Å². The maximum atomic E-state index is 6.22. The summed E-state index contributed by atoms with van der Waals surface area (Å²) in [5.41, 5.74) is 6.22. The molecule has 1 aromatic heterocycles. The van der Waals surface area contributed by atoms with Crippen LogP contribution in [0.15, 0.2) is 17.5 Å². The van der Waals surface area contributed by atoms with Crippen molar-refractivity contribution < 1.29 is 0 Å². The van der Waals surface area contributed by atoms with Crippen LogP contribution < -0.4 is 5.73 Å². The Labute approximate surface area is 109 Å². The summed E-state index contributed by atoms with van der Waals surface area (Å²) in [6.07, 6.45) is 1.23. The molecule has 2 nitrogen and oxygen atoms in total. The first-order valence-electron chi connectivity index (χ1n) is 6.62. The monoisotopic (exact) mass is 252 g/mol. The van der Waals surface area contributed by atoms with Gasteiger partial charge in [0, 0.05) is 23.5 Å².